The summed E-state index contributed by atoms with van der Waals surface area (Å²) in [6.45, 7) is 10.0. The molecule has 0 amide bonds. The molecule has 1 saturated heterocycles. The van der Waals surface area contributed by atoms with Gasteiger partial charge in [-0.15, -0.1) is 0 Å². The lowest BCUT2D eigenvalue weighted by Gasteiger charge is -2.31. The highest BCUT2D eigenvalue weighted by atomic mass is 15.1. The van der Waals surface area contributed by atoms with Gasteiger partial charge in [-0.05, 0) is 6.42 Å². The van der Waals surface area contributed by atoms with Gasteiger partial charge >= 0.3 is 0 Å². The lowest BCUT2D eigenvalue weighted by molar-refractivity contribution is -0.912. The van der Waals surface area contributed by atoms with E-state index in [0.29, 0.717) is 0 Å². The van der Waals surface area contributed by atoms with Crippen LogP contribution in [0.15, 0.2) is 0 Å². The van der Waals surface area contributed by atoms with Crippen LogP contribution in [0, 0.1) is 11.8 Å². The molecule has 0 radical (unpaired) electrons. The summed E-state index contributed by atoms with van der Waals surface area (Å²) in [6.07, 6.45) is 2.74. The van der Waals surface area contributed by atoms with Crippen LogP contribution in [0.3, 0.4) is 0 Å². The van der Waals surface area contributed by atoms with Crippen molar-refractivity contribution in [3.05, 3.63) is 0 Å². The van der Waals surface area contributed by atoms with Crippen LogP contribution in [0.2, 0.25) is 0 Å². The molecule has 0 bridgehead atoms. The van der Waals surface area contributed by atoms with E-state index in [1.807, 2.05) is 4.90 Å². The second-order valence-electron chi connectivity index (χ2n) is 4.56. The van der Waals surface area contributed by atoms with Gasteiger partial charge in [0.05, 0.1) is 26.2 Å². The van der Waals surface area contributed by atoms with Crippen LogP contribution in [-0.2, 0) is 0 Å². The van der Waals surface area contributed by atoms with Crippen molar-refractivity contribution in [2.45, 2.75) is 26.7 Å². The third-order valence-electron chi connectivity index (χ3n) is 2.86. The van der Waals surface area contributed by atoms with Gasteiger partial charge in [0.1, 0.15) is 0 Å². The van der Waals surface area contributed by atoms with Crippen molar-refractivity contribution in [3.8, 4) is 0 Å². The Hall–Kier alpha value is -0.0800. The minimum absolute atomic E-state index is 0.938. The Kier molecular flexibility index (Phi) is 4.02. The van der Waals surface area contributed by atoms with Crippen LogP contribution >= 0.6 is 0 Å². The van der Waals surface area contributed by atoms with Crippen LogP contribution in [0.1, 0.15) is 26.7 Å². The monoisotopic (exact) mass is 172 g/mol. The average molecular weight is 172 g/mol. The maximum atomic E-state index is 3.89. The molecule has 12 heavy (non-hydrogen) atoms. The third-order valence-corrected chi connectivity index (χ3v) is 2.86. The fraction of sp³-hybridized carbons (Fsp3) is 1.00. The zero-order valence-corrected chi connectivity index (χ0v) is 8.60. The molecule has 1 rings (SSSR count). The van der Waals surface area contributed by atoms with Crippen molar-refractivity contribution in [2.75, 3.05) is 26.2 Å². The summed E-state index contributed by atoms with van der Waals surface area (Å²) in [4.78, 5) is 1.81. The minimum atomic E-state index is 0.938. The van der Waals surface area contributed by atoms with Crippen LogP contribution in [0.25, 0.3) is 0 Å². The number of quaternary nitrogens is 2. The fourth-order valence-electron chi connectivity index (χ4n) is 2.50. The zero-order chi connectivity index (χ0) is 8.97. The number of hydrogen-bond acceptors (Lipinski definition) is 0. The first kappa shape index (κ1) is 10.0. The molecule has 1 heterocycles. The largest absolute Gasteiger partial charge is 0.357 e. The Labute approximate surface area is 76.1 Å². The summed E-state index contributed by atoms with van der Waals surface area (Å²) in [7, 11) is 0. The van der Waals surface area contributed by atoms with E-state index in [4.69, 9.17) is 0 Å². The van der Waals surface area contributed by atoms with E-state index in [-0.39, 0.29) is 0 Å². The SMILES string of the molecule is C[C@@H]1C[C@@H](C)C[NH+](CCC[NH3+])C1. The number of piperidine rings is 1. The molecule has 1 fully saturated rings. The highest BCUT2D eigenvalue weighted by Crippen LogP contribution is 2.11. The summed E-state index contributed by atoms with van der Waals surface area (Å²) in [5.41, 5.74) is 3.89. The Bertz CT molecular complexity index is 115. The molecule has 0 aromatic carbocycles. The third kappa shape index (κ3) is 3.11. The van der Waals surface area contributed by atoms with E-state index in [1.165, 1.54) is 32.5 Å². The Morgan fingerprint density at radius 2 is 1.83 bits per heavy atom. The van der Waals surface area contributed by atoms with E-state index in [9.17, 15) is 0 Å². The number of nitrogens with one attached hydrogen (secondary N) is 1. The predicted molar refractivity (Wildman–Crippen MR) is 50.9 cm³/mol. The lowest BCUT2D eigenvalue weighted by Crippen LogP contribution is -3.14. The molecular formula is C10H24N2+2. The summed E-state index contributed by atoms with van der Waals surface area (Å²) < 4.78 is 0. The zero-order valence-electron chi connectivity index (χ0n) is 8.60. The Balaban J connectivity index is 2.24. The molecule has 72 valence electrons. The summed E-state index contributed by atoms with van der Waals surface area (Å²) in [5, 5.41) is 0. The van der Waals surface area contributed by atoms with Crippen molar-refractivity contribution < 1.29 is 10.6 Å². The van der Waals surface area contributed by atoms with E-state index in [2.05, 4.69) is 19.6 Å². The molecule has 0 unspecified atom stereocenters. The van der Waals surface area contributed by atoms with Crippen molar-refractivity contribution >= 4 is 0 Å². The van der Waals surface area contributed by atoms with Gasteiger partial charge in [0.25, 0.3) is 0 Å². The molecule has 2 nitrogen and oxygen atoms in total. The van der Waals surface area contributed by atoms with Crippen LogP contribution < -0.4 is 10.6 Å². The van der Waals surface area contributed by atoms with Gasteiger partial charge in [0, 0.05) is 18.3 Å². The molecule has 4 N–H and O–H groups in total. The van der Waals surface area contributed by atoms with Crippen molar-refractivity contribution in [1.29, 1.82) is 0 Å². The van der Waals surface area contributed by atoms with Gasteiger partial charge in [0.15, 0.2) is 0 Å². The standard InChI is InChI=1S/C10H22N2/c1-9-6-10(2)8-12(7-9)5-3-4-11/h9-10H,3-8,11H2,1-2H3/p+2/t9-,10-/m1/s1. The van der Waals surface area contributed by atoms with Crippen LogP contribution in [0.5, 0.6) is 0 Å². The Morgan fingerprint density at radius 3 is 2.33 bits per heavy atom. The molecule has 2 heteroatoms. The van der Waals surface area contributed by atoms with Gasteiger partial charge < -0.3 is 10.6 Å². The average Bonchev–Trinajstić information content (AvgIpc) is 1.99. The second-order valence-corrected chi connectivity index (χ2v) is 4.56. The Morgan fingerprint density at radius 1 is 1.25 bits per heavy atom. The van der Waals surface area contributed by atoms with Crippen LogP contribution in [-0.4, -0.2) is 26.2 Å². The van der Waals surface area contributed by atoms with Crippen molar-refractivity contribution in [2.24, 2.45) is 11.8 Å². The normalized spacial score (nSPS) is 36.8. The summed E-state index contributed by atoms with van der Waals surface area (Å²) in [5.74, 6) is 1.88. The van der Waals surface area contributed by atoms with Crippen LogP contribution in [0.4, 0.5) is 0 Å². The minimum Gasteiger partial charge on any atom is -0.357 e. The van der Waals surface area contributed by atoms with E-state index in [0.717, 1.165) is 18.4 Å². The maximum absolute atomic E-state index is 3.89. The molecular weight excluding hydrogens is 148 g/mol. The van der Waals surface area contributed by atoms with E-state index in [1.54, 1.807) is 0 Å². The van der Waals surface area contributed by atoms with Crippen molar-refractivity contribution in [3.63, 3.8) is 0 Å². The van der Waals surface area contributed by atoms with E-state index >= 15 is 0 Å². The topological polar surface area (TPSA) is 32.1 Å². The first-order chi connectivity index (χ1) is 5.72. The lowest BCUT2D eigenvalue weighted by atomic mass is 9.92. The number of rotatable bonds is 3. The highest BCUT2D eigenvalue weighted by Gasteiger charge is 2.24. The van der Waals surface area contributed by atoms with Crippen molar-refractivity contribution in [1.82, 2.24) is 0 Å². The fourth-order valence-corrected chi connectivity index (χ4v) is 2.50. The summed E-state index contributed by atoms with van der Waals surface area (Å²) in [6, 6.07) is 0. The van der Waals surface area contributed by atoms with Gasteiger partial charge in [-0.25, -0.2) is 0 Å². The molecule has 1 aliphatic rings. The van der Waals surface area contributed by atoms with Gasteiger partial charge in [0.2, 0.25) is 0 Å². The molecule has 0 aromatic rings. The predicted octanol–water partition coefficient (Wildman–Crippen LogP) is -0.821. The summed E-state index contributed by atoms with van der Waals surface area (Å²) >= 11 is 0. The van der Waals surface area contributed by atoms with Gasteiger partial charge in [-0.1, -0.05) is 13.8 Å². The molecule has 0 aromatic heterocycles. The quantitative estimate of drug-likeness (QED) is 0.557. The number of likely N-dealkylation sites (tertiary alicyclic amines) is 1. The maximum Gasteiger partial charge on any atom is 0.0825 e. The first-order valence-electron chi connectivity index (χ1n) is 5.35. The smallest absolute Gasteiger partial charge is 0.0825 e. The molecule has 2 atom stereocenters. The van der Waals surface area contributed by atoms with Gasteiger partial charge in [-0.3, -0.25) is 0 Å². The van der Waals surface area contributed by atoms with Gasteiger partial charge in [-0.2, -0.15) is 0 Å². The molecule has 0 saturated carbocycles. The molecule has 0 aliphatic carbocycles. The molecule has 0 spiro atoms. The highest BCUT2D eigenvalue weighted by molar-refractivity contribution is 4.62. The second kappa shape index (κ2) is 4.83. The van der Waals surface area contributed by atoms with E-state index < -0.39 is 0 Å². The molecule has 1 aliphatic heterocycles. The number of hydrogen-bond donors (Lipinski definition) is 2. The first-order valence-corrected chi connectivity index (χ1v) is 5.35.